The number of aromatic nitrogens is 2. The molecule has 8 nitrogen and oxygen atoms in total. The first-order chi connectivity index (χ1) is 16.1. The Morgan fingerprint density at radius 1 is 1.15 bits per heavy atom. The van der Waals surface area contributed by atoms with Crippen molar-refractivity contribution in [1.29, 1.82) is 0 Å². The molecule has 1 aliphatic heterocycles. The van der Waals surface area contributed by atoms with Crippen LogP contribution in [0.5, 0.6) is 0 Å². The minimum absolute atomic E-state index is 0.188. The standard InChI is InChI=1S/C25H26N4O4/c1-16-5-7-18(8-6-16)21(15-29-9-12-31-13-10-29)26-24(30)19-14-20(22-4-3-11-32-22)27-25-23(19)17(2)28-33-25/h3-8,11,14,21H,9-10,12-13,15H2,1-2H3,(H,26,30)/t21-/m0/s1. The summed E-state index contributed by atoms with van der Waals surface area (Å²) < 4.78 is 16.4. The second kappa shape index (κ2) is 9.17. The van der Waals surface area contributed by atoms with Crippen LogP contribution in [0, 0.1) is 13.8 Å². The number of pyridine rings is 1. The van der Waals surface area contributed by atoms with Crippen molar-refractivity contribution in [3.05, 3.63) is 71.1 Å². The maximum absolute atomic E-state index is 13.6. The Kier molecular flexibility index (Phi) is 5.93. The van der Waals surface area contributed by atoms with Crippen molar-refractivity contribution in [2.45, 2.75) is 19.9 Å². The van der Waals surface area contributed by atoms with E-state index in [1.807, 2.05) is 6.92 Å². The van der Waals surface area contributed by atoms with Gasteiger partial charge in [0.2, 0.25) is 0 Å². The lowest BCUT2D eigenvalue weighted by Crippen LogP contribution is -2.43. The lowest BCUT2D eigenvalue weighted by Gasteiger charge is -2.31. The molecule has 4 heterocycles. The summed E-state index contributed by atoms with van der Waals surface area (Å²) in [5.74, 6) is 0.351. The highest BCUT2D eigenvalue weighted by Gasteiger charge is 2.25. The summed E-state index contributed by atoms with van der Waals surface area (Å²) in [5.41, 5.74) is 4.15. The molecule has 0 aliphatic carbocycles. The van der Waals surface area contributed by atoms with Crippen LogP contribution in [0.4, 0.5) is 0 Å². The first-order valence-corrected chi connectivity index (χ1v) is 11.1. The first-order valence-electron chi connectivity index (χ1n) is 11.1. The van der Waals surface area contributed by atoms with Gasteiger partial charge in [0.05, 0.1) is 42.2 Å². The molecule has 1 fully saturated rings. The van der Waals surface area contributed by atoms with Gasteiger partial charge in [-0.15, -0.1) is 0 Å². The average Bonchev–Trinajstić information content (AvgIpc) is 3.50. The third-order valence-electron chi connectivity index (χ3n) is 5.96. The van der Waals surface area contributed by atoms with E-state index in [1.54, 1.807) is 24.5 Å². The molecule has 0 unspecified atom stereocenters. The molecule has 0 spiro atoms. The summed E-state index contributed by atoms with van der Waals surface area (Å²) in [4.78, 5) is 20.5. The van der Waals surface area contributed by atoms with Crippen LogP contribution in [0.25, 0.3) is 22.6 Å². The second-order valence-electron chi connectivity index (χ2n) is 8.33. The number of carbonyl (C=O) groups excluding carboxylic acids is 1. The molecular formula is C25H26N4O4. The monoisotopic (exact) mass is 446 g/mol. The fourth-order valence-electron chi connectivity index (χ4n) is 4.14. The number of fused-ring (bicyclic) bond motifs is 1. The molecule has 1 aromatic carbocycles. The van der Waals surface area contributed by atoms with Gasteiger partial charge in [-0.2, -0.15) is 0 Å². The van der Waals surface area contributed by atoms with Crippen molar-refractivity contribution < 1.29 is 18.5 Å². The Bertz CT molecular complexity index is 1240. The van der Waals surface area contributed by atoms with Gasteiger partial charge >= 0.3 is 0 Å². The number of rotatable bonds is 6. The van der Waals surface area contributed by atoms with Crippen molar-refractivity contribution in [3.63, 3.8) is 0 Å². The van der Waals surface area contributed by atoms with Crippen LogP contribution in [0.2, 0.25) is 0 Å². The number of hydrogen-bond acceptors (Lipinski definition) is 7. The normalized spacial score (nSPS) is 15.6. The minimum Gasteiger partial charge on any atom is -0.463 e. The maximum atomic E-state index is 13.6. The van der Waals surface area contributed by atoms with Crippen molar-refractivity contribution in [2.24, 2.45) is 0 Å². The lowest BCUT2D eigenvalue weighted by atomic mass is 10.0. The van der Waals surface area contributed by atoms with Gasteiger partial charge in [0.15, 0.2) is 5.76 Å². The lowest BCUT2D eigenvalue weighted by molar-refractivity contribution is 0.0332. The van der Waals surface area contributed by atoms with Gasteiger partial charge < -0.3 is 19.0 Å². The Labute approximate surface area is 191 Å². The SMILES string of the molecule is Cc1ccc([C@H](CN2CCOCC2)NC(=O)c2cc(-c3ccco3)nc3onc(C)c23)cc1. The number of ether oxygens (including phenoxy) is 1. The van der Waals surface area contributed by atoms with Gasteiger partial charge in [-0.1, -0.05) is 35.0 Å². The summed E-state index contributed by atoms with van der Waals surface area (Å²) in [7, 11) is 0. The molecule has 1 atom stereocenters. The van der Waals surface area contributed by atoms with E-state index >= 15 is 0 Å². The quantitative estimate of drug-likeness (QED) is 0.480. The molecule has 1 aliphatic rings. The largest absolute Gasteiger partial charge is 0.463 e. The van der Waals surface area contributed by atoms with E-state index in [1.165, 1.54) is 5.56 Å². The molecule has 8 heteroatoms. The third kappa shape index (κ3) is 4.53. The van der Waals surface area contributed by atoms with Crippen LogP contribution in [-0.2, 0) is 4.74 Å². The van der Waals surface area contributed by atoms with Crippen molar-refractivity contribution in [3.8, 4) is 11.5 Å². The predicted molar refractivity (Wildman–Crippen MR) is 123 cm³/mol. The number of amides is 1. The molecule has 1 saturated heterocycles. The zero-order chi connectivity index (χ0) is 22.8. The molecule has 0 bridgehead atoms. The number of nitrogens with zero attached hydrogens (tertiary/aromatic N) is 3. The van der Waals surface area contributed by atoms with Gasteiger partial charge in [-0.05, 0) is 37.6 Å². The summed E-state index contributed by atoms with van der Waals surface area (Å²) in [6, 6.07) is 13.4. The zero-order valence-electron chi connectivity index (χ0n) is 18.7. The Hall–Kier alpha value is -3.49. The number of hydrogen-bond donors (Lipinski definition) is 1. The van der Waals surface area contributed by atoms with Crippen LogP contribution >= 0.6 is 0 Å². The molecule has 5 rings (SSSR count). The number of furan rings is 1. The smallest absolute Gasteiger partial charge is 0.259 e. The average molecular weight is 447 g/mol. The van der Waals surface area contributed by atoms with E-state index in [9.17, 15) is 4.79 Å². The summed E-state index contributed by atoms with van der Waals surface area (Å²) in [5, 5.41) is 7.89. The molecule has 33 heavy (non-hydrogen) atoms. The number of aryl methyl sites for hydroxylation is 2. The zero-order valence-corrected chi connectivity index (χ0v) is 18.7. The third-order valence-corrected chi connectivity index (χ3v) is 5.96. The van der Waals surface area contributed by atoms with E-state index in [0.717, 1.165) is 18.7 Å². The van der Waals surface area contributed by atoms with Crippen LogP contribution in [0.3, 0.4) is 0 Å². The Morgan fingerprint density at radius 2 is 1.94 bits per heavy atom. The molecular weight excluding hydrogens is 420 g/mol. The Balaban J connectivity index is 1.49. The summed E-state index contributed by atoms with van der Waals surface area (Å²) in [6.07, 6.45) is 1.57. The predicted octanol–water partition coefficient (Wildman–Crippen LogP) is 3.90. The fourth-order valence-corrected chi connectivity index (χ4v) is 4.14. The first kappa shape index (κ1) is 21.4. The molecule has 170 valence electrons. The van der Waals surface area contributed by atoms with Crippen molar-refractivity contribution in [1.82, 2.24) is 20.4 Å². The highest BCUT2D eigenvalue weighted by molar-refractivity contribution is 6.07. The fraction of sp³-hybridized carbons (Fsp3) is 0.320. The summed E-state index contributed by atoms with van der Waals surface area (Å²) >= 11 is 0. The van der Waals surface area contributed by atoms with Gasteiger partial charge in [0.25, 0.3) is 11.6 Å². The van der Waals surface area contributed by atoms with Crippen molar-refractivity contribution >= 4 is 17.0 Å². The van der Waals surface area contributed by atoms with E-state index in [2.05, 4.69) is 51.5 Å². The second-order valence-corrected chi connectivity index (χ2v) is 8.33. The van der Waals surface area contributed by atoms with Gasteiger partial charge in [-0.25, -0.2) is 4.98 Å². The highest BCUT2D eigenvalue weighted by Crippen LogP contribution is 2.28. The molecule has 1 amide bonds. The maximum Gasteiger partial charge on any atom is 0.259 e. The van der Waals surface area contributed by atoms with E-state index in [4.69, 9.17) is 13.7 Å². The number of nitrogens with one attached hydrogen (secondary N) is 1. The minimum atomic E-state index is -0.208. The van der Waals surface area contributed by atoms with Gasteiger partial charge in [0.1, 0.15) is 5.69 Å². The Morgan fingerprint density at radius 3 is 2.67 bits per heavy atom. The van der Waals surface area contributed by atoms with E-state index in [0.29, 0.717) is 53.6 Å². The molecule has 1 N–H and O–H groups in total. The van der Waals surface area contributed by atoms with Gasteiger partial charge in [0, 0.05) is 19.6 Å². The van der Waals surface area contributed by atoms with Crippen LogP contribution < -0.4 is 5.32 Å². The topological polar surface area (TPSA) is 93.6 Å². The molecule has 0 saturated carbocycles. The van der Waals surface area contributed by atoms with Gasteiger partial charge in [-0.3, -0.25) is 9.69 Å². The van der Waals surface area contributed by atoms with Crippen LogP contribution in [-0.4, -0.2) is 53.8 Å². The number of morpholine rings is 1. The number of benzene rings is 1. The van der Waals surface area contributed by atoms with Crippen LogP contribution in [0.1, 0.15) is 33.2 Å². The molecule has 3 aromatic heterocycles. The van der Waals surface area contributed by atoms with Crippen LogP contribution in [0.15, 0.2) is 57.7 Å². The highest BCUT2D eigenvalue weighted by atomic mass is 16.5. The molecule has 0 radical (unpaired) electrons. The van der Waals surface area contributed by atoms with E-state index in [-0.39, 0.29) is 11.9 Å². The van der Waals surface area contributed by atoms with E-state index < -0.39 is 0 Å². The van der Waals surface area contributed by atoms with Crippen molar-refractivity contribution in [2.75, 3.05) is 32.8 Å². The molecule has 4 aromatic rings. The summed E-state index contributed by atoms with van der Waals surface area (Å²) in [6.45, 7) is 7.63. The number of carbonyl (C=O) groups is 1.